The summed E-state index contributed by atoms with van der Waals surface area (Å²) < 4.78 is 5.26. The number of hydrogen-bond acceptors (Lipinski definition) is 5. The highest BCUT2D eigenvalue weighted by molar-refractivity contribution is 6.08. The van der Waals surface area contributed by atoms with Crippen LogP contribution >= 0.6 is 0 Å². The van der Waals surface area contributed by atoms with Crippen molar-refractivity contribution in [3.05, 3.63) is 95.2 Å². The molecule has 1 fully saturated rings. The number of nitrogens with one attached hydrogen (secondary N) is 2. The summed E-state index contributed by atoms with van der Waals surface area (Å²) in [6.45, 7) is 2.30. The lowest BCUT2D eigenvalue weighted by Gasteiger charge is -2.31. The number of benzene rings is 3. The summed E-state index contributed by atoms with van der Waals surface area (Å²) in [5.74, 6) is -0.108. The van der Waals surface area contributed by atoms with E-state index in [4.69, 9.17) is 4.74 Å². The highest BCUT2D eigenvalue weighted by Crippen LogP contribution is 2.34. The number of urea groups is 1. The van der Waals surface area contributed by atoms with E-state index in [1.54, 1.807) is 24.1 Å². The Morgan fingerprint density at radius 2 is 1.73 bits per heavy atom. The first kappa shape index (κ1) is 22.7. The first-order valence-corrected chi connectivity index (χ1v) is 11.9. The van der Waals surface area contributed by atoms with Crippen molar-refractivity contribution in [3.8, 4) is 16.9 Å². The third kappa shape index (κ3) is 3.78. The third-order valence-electron chi connectivity index (χ3n) is 7.10. The van der Waals surface area contributed by atoms with E-state index in [2.05, 4.69) is 21.7 Å². The number of nitrogens with zero attached hydrogens (tertiary/aromatic N) is 2. The number of imide groups is 1. The molecule has 0 radical (unpaired) electrons. The molecule has 8 heteroatoms. The number of fused-ring (bicyclic) bond motifs is 2. The van der Waals surface area contributed by atoms with Crippen molar-refractivity contribution in [2.75, 3.05) is 13.7 Å². The van der Waals surface area contributed by atoms with E-state index in [0.29, 0.717) is 23.4 Å². The van der Waals surface area contributed by atoms with E-state index in [1.165, 1.54) is 0 Å². The second-order valence-electron chi connectivity index (χ2n) is 9.44. The minimum absolute atomic E-state index is 0.000738. The van der Waals surface area contributed by atoms with Crippen molar-refractivity contribution in [2.45, 2.75) is 19.0 Å². The zero-order valence-corrected chi connectivity index (χ0v) is 20.4. The summed E-state index contributed by atoms with van der Waals surface area (Å²) in [5, 5.41) is 6.18. The molecule has 2 N–H and O–H groups in total. The predicted octanol–water partition coefficient (Wildman–Crippen LogP) is 3.91. The Bertz CT molecular complexity index is 1600. The van der Waals surface area contributed by atoms with Crippen molar-refractivity contribution in [3.63, 3.8) is 0 Å². The number of rotatable bonds is 5. The molecule has 2 aliphatic heterocycles. The number of carbonyl (C=O) groups excluding carboxylic acids is 3. The quantitative estimate of drug-likeness (QED) is 0.412. The van der Waals surface area contributed by atoms with Crippen LogP contribution in [-0.2, 0) is 16.9 Å². The van der Waals surface area contributed by atoms with Crippen molar-refractivity contribution >= 4 is 28.7 Å². The summed E-state index contributed by atoms with van der Waals surface area (Å²) in [7, 11) is 1.55. The van der Waals surface area contributed by atoms with Crippen LogP contribution in [0.1, 0.15) is 27.2 Å². The molecule has 1 saturated heterocycles. The summed E-state index contributed by atoms with van der Waals surface area (Å²) in [6.07, 6.45) is 0. The Labute approximate surface area is 213 Å². The molecule has 0 spiro atoms. The number of aromatic nitrogens is 1. The molecule has 37 heavy (non-hydrogen) atoms. The third-order valence-corrected chi connectivity index (χ3v) is 7.10. The molecule has 0 saturated carbocycles. The average Bonchev–Trinajstić information content (AvgIpc) is 3.38. The van der Waals surface area contributed by atoms with Gasteiger partial charge in [0.2, 0.25) is 0 Å². The number of carbonyl (C=O) groups is 3. The van der Waals surface area contributed by atoms with Gasteiger partial charge in [-0.3, -0.25) is 19.9 Å². The summed E-state index contributed by atoms with van der Waals surface area (Å²) in [4.78, 5) is 44.8. The molecule has 1 aromatic heterocycles. The van der Waals surface area contributed by atoms with Crippen molar-refractivity contribution in [1.29, 1.82) is 0 Å². The average molecular weight is 493 g/mol. The van der Waals surface area contributed by atoms with E-state index >= 15 is 0 Å². The SMILES string of the molecule is COc1ccc2c(c1)C(=O)N(C[C@@]1(c3ccc(-c4ccc5nc(C)ccc5c4)cc3)NC(=O)NC1=O)C2. The van der Waals surface area contributed by atoms with Gasteiger partial charge in [-0.2, -0.15) is 0 Å². The minimum atomic E-state index is -1.40. The molecule has 184 valence electrons. The highest BCUT2D eigenvalue weighted by atomic mass is 16.5. The second-order valence-corrected chi connectivity index (χ2v) is 9.44. The predicted molar refractivity (Wildman–Crippen MR) is 138 cm³/mol. The van der Waals surface area contributed by atoms with Gasteiger partial charge in [0.1, 0.15) is 5.75 Å². The fourth-order valence-corrected chi connectivity index (χ4v) is 5.13. The number of ether oxygens (including phenoxy) is 1. The highest BCUT2D eigenvalue weighted by Gasteiger charge is 2.50. The molecule has 8 nitrogen and oxygen atoms in total. The van der Waals surface area contributed by atoms with Gasteiger partial charge in [0, 0.05) is 23.2 Å². The lowest BCUT2D eigenvalue weighted by atomic mass is 9.88. The molecule has 1 atom stereocenters. The Kier molecular flexibility index (Phi) is 5.19. The van der Waals surface area contributed by atoms with Crippen LogP contribution in [-0.4, -0.2) is 41.4 Å². The normalized spacial score (nSPS) is 18.6. The number of amides is 4. The van der Waals surface area contributed by atoms with Crippen LogP contribution in [0.2, 0.25) is 0 Å². The Balaban J connectivity index is 1.32. The Hall–Kier alpha value is -4.72. The largest absolute Gasteiger partial charge is 0.497 e. The van der Waals surface area contributed by atoms with Crippen LogP contribution in [0.5, 0.6) is 5.75 Å². The van der Waals surface area contributed by atoms with Crippen LogP contribution in [0, 0.1) is 6.92 Å². The summed E-state index contributed by atoms with van der Waals surface area (Å²) >= 11 is 0. The van der Waals surface area contributed by atoms with Gasteiger partial charge in [-0.25, -0.2) is 4.79 Å². The van der Waals surface area contributed by atoms with Crippen molar-refractivity contribution < 1.29 is 19.1 Å². The minimum Gasteiger partial charge on any atom is -0.497 e. The zero-order chi connectivity index (χ0) is 25.7. The first-order valence-electron chi connectivity index (χ1n) is 11.9. The van der Waals surface area contributed by atoms with E-state index in [9.17, 15) is 14.4 Å². The zero-order valence-electron chi connectivity index (χ0n) is 20.4. The summed E-state index contributed by atoms with van der Waals surface area (Å²) in [5.41, 5.74) is 4.45. The standard InChI is InChI=1S/C29H24N4O4/c1-17-3-4-20-13-19(8-12-25(20)30-17)18-5-9-22(10-6-18)29(27(35)31-28(36)32-29)16-33-15-21-7-11-23(37-2)14-24(21)26(33)34/h3-14H,15-16H2,1-2H3,(H2,31,32,35,36)/t29-/m0/s1. The molecule has 3 heterocycles. The number of aryl methyl sites for hydroxylation is 1. The van der Waals surface area contributed by atoms with Gasteiger partial charge in [0.05, 0.1) is 19.2 Å². The first-order chi connectivity index (χ1) is 17.9. The monoisotopic (exact) mass is 492 g/mol. The molecular weight excluding hydrogens is 468 g/mol. The van der Waals surface area contributed by atoms with Crippen LogP contribution in [0.4, 0.5) is 4.79 Å². The molecule has 0 unspecified atom stereocenters. The molecule has 2 aliphatic rings. The molecule has 4 amide bonds. The Morgan fingerprint density at radius 1 is 0.946 bits per heavy atom. The van der Waals surface area contributed by atoms with Crippen LogP contribution in [0.3, 0.4) is 0 Å². The van der Waals surface area contributed by atoms with E-state index < -0.39 is 17.5 Å². The fraction of sp³-hybridized carbons (Fsp3) is 0.172. The van der Waals surface area contributed by atoms with Gasteiger partial charge in [0.15, 0.2) is 5.54 Å². The van der Waals surface area contributed by atoms with Gasteiger partial charge in [-0.15, -0.1) is 0 Å². The van der Waals surface area contributed by atoms with Gasteiger partial charge < -0.3 is 15.0 Å². The number of hydrogen-bond donors (Lipinski definition) is 2. The second kappa shape index (κ2) is 8.44. The molecule has 0 bridgehead atoms. The van der Waals surface area contributed by atoms with Crippen LogP contribution < -0.4 is 15.4 Å². The van der Waals surface area contributed by atoms with Crippen molar-refractivity contribution in [1.82, 2.24) is 20.5 Å². The number of methoxy groups -OCH3 is 1. The van der Waals surface area contributed by atoms with Gasteiger partial charge >= 0.3 is 6.03 Å². The van der Waals surface area contributed by atoms with Gasteiger partial charge in [-0.05, 0) is 59.5 Å². The topological polar surface area (TPSA) is 101 Å². The van der Waals surface area contributed by atoms with Gasteiger partial charge in [-0.1, -0.05) is 42.5 Å². The van der Waals surface area contributed by atoms with Gasteiger partial charge in [0.25, 0.3) is 11.8 Å². The van der Waals surface area contributed by atoms with Crippen LogP contribution in [0.15, 0.2) is 72.8 Å². The molecular formula is C29H24N4O4. The van der Waals surface area contributed by atoms with E-state index in [0.717, 1.165) is 33.3 Å². The number of pyridine rings is 1. The lowest BCUT2D eigenvalue weighted by molar-refractivity contribution is -0.124. The molecule has 6 rings (SSSR count). The maximum Gasteiger partial charge on any atom is 0.322 e. The molecule has 4 aromatic rings. The smallest absolute Gasteiger partial charge is 0.322 e. The van der Waals surface area contributed by atoms with E-state index in [-0.39, 0.29) is 12.5 Å². The lowest BCUT2D eigenvalue weighted by Crippen LogP contribution is -2.52. The molecule has 3 aromatic carbocycles. The summed E-state index contributed by atoms with van der Waals surface area (Å²) in [6, 6.07) is 22.4. The molecule has 0 aliphatic carbocycles. The van der Waals surface area contributed by atoms with Crippen LogP contribution in [0.25, 0.3) is 22.0 Å². The van der Waals surface area contributed by atoms with E-state index in [1.807, 2.05) is 61.5 Å². The maximum atomic E-state index is 13.2. The maximum absolute atomic E-state index is 13.2. The Morgan fingerprint density at radius 3 is 2.46 bits per heavy atom. The fourth-order valence-electron chi connectivity index (χ4n) is 5.13. The van der Waals surface area contributed by atoms with Crippen molar-refractivity contribution in [2.24, 2.45) is 0 Å².